The molecule has 0 unspecified atom stereocenters. The van der Waals surface area contributed by atoms with Gasteiger partial charge < -0.3 is 27.3 Å². The van der Waals surface area contributed by atoms with E-state index in [4.69, 9.17) is 0 Å². The van der Waals surface area contributed by atoms with Gasteiger partial charge in [-0.1, -0.05) is 51.2 Å². The summed E-state index contributed by atoms with van der Waals surface area (Å²) in [5.41, 5.74) is 4.65. The van der Waals surface area contributed by atoms with Gasteiger partial charge in [0.05, 0.1) is 0 Å². The second-order valence-corrected chi connectivity index (χ2v) is 8.58. The highest BCUT2D eigenvalue weighted by Crippen LogP contribution is 2.31. The fourth-order valence-corrected chi connectivity index (χ4v) is 4.69. The normalized spacial score (nSPS) is 12.0. The summed E-state index contributed by atoms with van der Waals surface area (Å²) in [4.78, 5) is 29.2. The number of nitrogens with zero attached hydrogens (tertiary/aromatic N) is 1. The van der Waals surface area contributed by atoms with Crippen LogP contribution in [-0.2, 0) is 0 Å². The van der Waals surface area contributed by atoms with Crippen LogP contribution in [0, 0.1) is 0 Å². The van der Waals surface area contributed by atoms with Gasteiger partial charge in [-0.05, 0) is 30.7 Å². The SMILES string of the molecule is CCCCCCCCNC(=O)c1ccc2[nH]c3c4[n+](ccc3c2c1)-c1ccccc1C4=O.[Br-]. The zero-order valence-corrected chi connectivity index (χ0v) is 20.4. The lowest BCUT2D eigenvalue weighted by Gasteiger charge is -2.05. The molecular weight excluding hydrogens is 478 g/mol. The Hall–Kier alpha value is -2.99. The highest BCUT2D eigenvalue weighted by atomic mass is 79.9. The first kappa shape index (κ1) is 23.2. The minimum atomic E-state index is -0.0474. The number of para-hydroxylation sites is 1. The van der Waals surface area contributed by atoms with Crippen molar-refractivity contribution in [3.05, 3.63) is 71.5 Å². The summed E-state index contributed by atoms with van der Waals surface area (Å²) in [5, 5.41) is 4.96. The quantitative estimate of drug-likeness (QED) is 0.251. The number of H-pyrrole nitrogens is 1. The number of halogens is 1. The van der Waals surface area contributed by atoms with E-state index in [0.29, 0.717) is 23.4 Å². The molecule has 2 N–H and O–H groups in total. The molecule has 2 aromatic heterocycles. The Balaban J connectivity index is 0.00000259. The van der Waals surface area contributed by atoms with E-state index >= 15 is 0 Å². The van der Waals surface area contributed by atoms with E-state index in [1.165, 1.54) is 25.7 Å². The van der Waals surface area contributed by atoms with E-state index in [0.717, 1.165) is 40.3 Å². The summed E-state index contributed by atoms with van der Waals surface area (Å²) >= 11 is 0. The Morgan fingerprint density at radius 3 is 2.61 bits per heavy atom. The maximum atomic E-state index is 13.1. The van der Waals surface area contributed by atoms with Crippen molar-refractivity contribution in [2.24, 2.45) is 0 Å². The first-order chi connectivity index (χ1) is 15.7. The summed E-state index contributed by atoms with van der Waals surface area (Å²) in [7, 11) is 0. The van der Waals surface area contributed by atoms with Crippen molar-refractivity contribution in [3.8, 4) is 5.69 Å². The molecule has 0 bridgehead atoms. The summed E-state index contributed by atoms with van der Waals surface area (Å²) in [6.45, 7) is 2.92. The number of hydrogen-bond donors (Lipinski definition) is 2. The summed E-state index contributed by atoms with van der Waals surface area (Å²) in [6.07, 6.45) is 9.15. The van der Waals surface area contributed by atoms with Crippen molar-refractivity contribution in [3.63, 3.8) is 0 Å². The predicted octanol–water partition coefficient (Wildman–Crippen LogP) is 2.24. The fourth-order valence-electron chi connectivity index (χ4n) is 4.69. The van der Waals surface area contributed by atoms with Crippen LogP contribution in [0.15, 0.2) is 54.7 Å². The topological polar surface area (TPSA) is 65.8 Å². The van der Waals surface area contributed by atoms with Gasteiger partial charge >= 0.3 is 0 Å². The van der Waals surface area contributed by atoms with Gasteiger partial charge in [0.1, 0.15) is 11.1 Å². The lowest BCUT2D eigenvalue weighted by molar-refractivity contribution is -0.592. The molecule has 0 spiro atoms. The molecule has 1 aliphatic heterocycles. The molecule has 0 aliphatic carbocycles. The highest BCUT2D eigenvalue weighted by Gasteiger charge is 2.38. The third kappa shape index (κ3) is 4.20. The average Bonchev–Trinajstić information content (AvgIpc) is 3.33. The lowest BCUT2D eigenvalue weighted by atomic mass is 10.1. The Morgan fingerprint density at radius 1 is 0.970 bits per heavy atom. The summed E-state index contributed by atoms with van der Waals surface area (Å²) in [5.74, 6) is -0.0246. The predicted molar refractivity (Wildman–Crippen MR) is 126 cm³/mol. The Labute approximate surface area is 204 Å². The number of benzene rings is 2. The summed E-state index contributed by atoms with van der Waals surface area (Å²) in [6, 6.07) is 15.4. The van der Waals surface area contributed by atoms with Gasteiger partial charge in [-0.3, -0.25) is 9.59 Å². The van der Waals surface area contributed by atoms with Gasteiger partial charge in [0.2, 0.25) is 5.69 Å². The number of pyridine rings is 1. The molecule has 0 saturated carbocycles. The van der Waals surface area contributed by atoms with Crippen LogP contribution in [0.1, 0.15) is 71.9 Å². The summed E-state index contributed by atoms with van der Waals surface area (Å²) < 4.78 is 1.95. The number of unbranched alkanes of at least 4 members (excludes halogenated alkanes) is 5. The molecule has 3 heterocycles. The largest absolute Gasteiger partial charge is 1.00 e. The van der Waals surface area contributed by atoms with Crippen molar-refractivity contribution in [2.45, 2.75) is 45.4 Å². The van der Waals surface area contributed by atoms with Crippen LogP contribution in [0.25, 0.3) is 27.5 Å². The Morgan fingerprint density at radius 2 is 1.76 bits per heavy atom. The first-order valence-electron chi connectivity index (χ1n) is 11.6. The molecular formula is C27H28BrN3O2. The smallest absolute Gasteiger partial charge is 0.284 e. The van der Waals surface area contributed by atoms with E-state index in [1.54, 1.807) is 0 Å². The second kappa shape index (κ2) is 9.87. The van der Waals surface area contributed by atoms with E-state index in [9.17, 15) is 9.59 Å². The van der Waals surface area contributed by atoms with Gasteiger partial charge in [-0.25, -0.2) is 0 Å². The fraction of sp³-hybridized carbons (Fsp3) is 0.296. The standard InChI is InChI=1S/C27H27N3O2.BrH/c1-2-3-4-5-6-9-15-28-27(32)18-12-13-22-21(17-18)19-14-16-30-23-11-8-7-10-20(23)26(31)25(30)24(19)29-22;/h7-8,10-14,16-17H,2-6,9,15H2,1H3,(H,28,32);1H. The monoisotopic (exact) mass is 505 g/mol. The molecule has 4 aromatic rings. The third-order valence-electron chi connectivity index (χ3n) is 6.41. The van der Waals surface area contributed by atoms with Crippen LogP contribution >= 0.6 is 0 Å². The minimum Gasteiger partial charge on any atom is -1.00 e. The number of fused-ring (bicyclic) bond motifs is 7. The van der Waals surface area contributed by atoms with Crippen LogP contribution < -0.4 is 26.9 Å². The molecule has 0 saturated heterocycles. The molecule has 0 atom stereocenters. The van der Waals surface area contributed by atoms with Gasteiger partial charge in [-0.2, -0.15) is 4.57 Å². The lowest BCUT2D eigenvalue weighted by Crippen LogP contribution is -3.00. The van der Waals surface area contributed by atoms with Crippen molar-refractivity contribution in [1.29, 1.82) is 0 Å². The zero-order valence-electron chi connectivity index (χ0n) is 18.8. The van der Waals surface area contributed by atoms with E-state index in [1.807, 2.05) is 59.3 Å². The molecule has 1 amide bonds. The molecule has 1 aliphatic rings. The maximum absolute atomic E-state index is 13.1. The number of ketones is 1. The average molecular weight is 506 g/mol. The van der Waals surface area contributed by atoms with Crippen LogP contribution in [0.4, 0.5) is 0 Å². The van der Waals surface area contributed by atoms with Crippen LogP contribution in [0.3, 0.4) is 0 Å². The maximum Gasteiger partial charge on any atom is 0.284 e. The van der Waals surface area contributed by atoms with E-state index < -0.39 is 0 Å². The Bertz CT molecular complexity index is 1340. The molecule has 6 heteroatoms. The molecule has 0 radical (unpaired) electrons. The van der Waals surface area contributed by atoms with E-state index in [2.05, 4.69) is 17.2 Å². The number of amides is 1. The molecule has 170 valence electrons. The minimum absolute atomic E-state index is 0. The number of carbonyl (C=O) groups excluding carboxylic acids is 2. The number of aromatic amines is 1. The van der Waals surface area contributed by atoms with Crippen molar-refractivity contribution >= 4 is 33.5 Å². The molecule has 0 fully saturated rings. The first-order valence-corrected chi connectivity index (χ1v) is 11.6. The second-order valence-electron chi connectivity index (χ2n) is 8.58. The Kier molecular flexibility index (Phi) is 6.94. The van der Waals surface area contributed by atoms with Crippen molar-refractivity contribution < 1.29 is 31.1 Å². The van der Waals surface area contributed by atoms with E-state index in [-0.39, 0.29) is 28.7 Å². The number of hydrogen-bond acceptors (Lipinski definition) is 2. The van der Waals surface area contributed by atoms with Crippen molar-refractivity contribution in [1.82, 2.24) is 10.3 Å². The number of aromatic nitrogens is 2. The third-order valence-corrected chi connectivity index (χ3v) is 6.41. The number of nitrogens with one attached hydrogen (secondary N) is 2. The number of rotatable bonds is 8. The highest BCUT2D eigenvalue weighted by molar-refractivity contribution is 6.20. The van der Waals surface area contributed by atoms with Crippen LogP contribution in [0.2, 0.25) is 0 Å². The van der Waals surface area contributed by atoms with Gasteiger partial charge in [0, 0.05) is 40.5 Å². The van der Waals surface area contributed by atoms with Crippen LogP contribution in [-0.4, -0.2) is 23.2 Å². The molecule has 5 nitrogen and oxygen atoms in total. The van der Waals surface area contributed by atoms with Gasteiger partial charge in [0.25, 0.3) is 17.4 Å². The zero-order chi connectivity index (χ0) is 22.1. The van der Waals surface area contributed by atoms with Gasteiger partial charge in [-0.15, -0.1) is 0 Å². The molecule has 2 aromatic carbocycles. The molecule has 33 heavy (non-hydrogen) atoms. The van der Waals surface area contributed by atoms with Crippen molar-refractivity contribution in [2.75, 3.05) is 6.54 Å². The van der Waals surface area contributed by atoms with Crippen LogP contribution in [0.5, 0.6) is 0 Å². The van der Waals surface area contributed by atoms with Gasteiger partial charge in [0.15, 0.2) is 6.20 Å². The molecule has 5 rings (SSSR count). The number of carbonyl (C=O) groups is 2.